The Hall–Kier alpha value is -2.49. The van der Waals surface area contributed by atoms with E-state index >= 15 is 0 Å². The van der Waals surface area contributed by atoms with Crippen LogP contribution in [-0.2, 0) is 4.79 Å². The Morgan fingerprint density at radius 3 is 2.67 bits per heavy atom. The number of anilines is 2. The number of carbonyl (C=O) groups excluding carboxylic acids is 1. The molecular weight excluding hydrogens is 278 g/mol. The van der Waals surface area contributed by atoms with Gasteiger partial charge < -0.3 is 15.2 Å². The van der Waals surface area contributed by atoms with Crippen LogP contribution >= 0.6 is 0 Å². The minimum absolute atomic E-state index is 0.0781. The highest BCUT2D eigenvalue weighted by Gasteiger charge is 2.44. The number of amides is 1. The van der Waals surface area contributed by atoms with Gasteiger partial charge in [-0.15, -0.1) is 0 Å². The number of nitrogens with one attached hydrogen (secondary N) is 1. The Labute approximate surface area is 121 Å². The Kier molecular flexibility index (Phi) is 3.64. The molecule has 0 aromatic carbocycles. The normalized spacial score (nSPS) is 17.8. The lowest BCUT2D eigenvalue weighted by atomic mass is 9.97. The van der Waals surface area contributed by atoms with Gasteiger partial charge in [0.25, 0.3) is 0 Å². The highest BCUT2D eigenvalue weighted by molar-refractivity contribution is 5.91. The zero-order valence-electron chi connectivity index (χ0n) is 12.0. The molecule has 0 atom stereocenters. The monoisotopic (exact) mass is 295 g/mol. The minimum Gasteiger partial charge on any atom is -0.342 e. The van der Waals surface area contributed by atoms with Gasteiger partial charge in [0.15, 0.2) is 0 Å². The fraction of sp³-hybridized carbons (Fsp3) is 0.545. The largest absolute Gasteiger partial charge is 0.354 e. The average molecular weight is 295 g/mol. The van der Waals surface area contributed by atoms with Crippen LogP contribution in [0, 0.1) is 10.1 Å². The number of nitrogens with two attached hydrogens (primary N) is 1. The van der Waals surface area contributed by atoms with Crippen molar-refractivity contribution in [3.8, 4) is 0 Å². The summed E-state index contributed by atoms with van der Waals surface area (Å²) in [4.78, 5) is 33.9. The SMILES string of the molecule is CN1CCN(c2ncnc(NN)c2[N+](=O)[O-])C(C)(C)C1=O. The molecule has 1 aliphatic rings. The summed E-state index contributed by atoms with van der Waals surface area (Å²) in [7, 11) is 1.70. The van der Waals surface area contributed by atoms with Crippen molar-refractivity contribution in [2.45, 2.75) is 19.4 Å². The second kappa shape index (κ2) is 5.13. The zero-order chi connectivity index (χ0) is 15.8. The maximum atomic E-state index is 12.3. The lowest BCUT2D eigenvalue weighted by Gasteiger charge is -2.44. The van der Waals surface area contributed by atoms with Gasteiger partial charge >= 0.3 is 5.69 Å². The highest BCUT2D eigenvalue weighted by Crippen LogP contribution is 2.36. The molecule has 1 saturated heterocycles. The summed E-state index contributed by atoms with van der Waals surface area (Å²) in [5.74, 6) is 5.12. The van der Waals surface area contributed by atoms with Crippen LogP contribution in [-0.4, -0.2) is 51.4 Å². The summed E-state index contributed by atoms with van der Waals surface area (Å²) in [6.45, 7) is 4.28. The molecule has 2 heterocycles. The smallest absolute Gasteiger partial charge is 0.342 e. The van der Waals surface area contributed by atoms with E-state index in [0.29, 0.717) is 13.1 Å². The first-order chi connectivity index (χ1) is 9.80. The zero-order valence-corrected chi connectivity index (χ0v) is 12.0. The highest BCUT2D eigenvalue weighted by atomic mass is 16.6. The van der Waals surface area contributed by atoms with E-state index in [-0.39, 0.29) is 23.2 Å². The summed E-state index contributed by atoms with van der Waals surface area (Å²) in [5.41, 5.74) is 0.900. The van der Waals surface area contributed by atoms with Crippen molar-refractivity contribution in [2.75, 3.05) is 30.5 Å². The molecular formula is C11H17N7O3. The van der Waals surface area contributed by atoms with E-state index in [0.717, 1.165) is 0 Å². The van der Waals surface area contributed by atoms with Crippen LogP contribution in [0.15, 0.2) is 6.33 Å². The quantitative estimate of drug-likeness (QED) is 0.442. The van der Waals surface area contributed by atoms with Crippen LogP contribution in [0.4, 0.5) is 17.3 Å². The predicted molar refractivity (Wildman–Crippen MR) is 75.6 cm³/mol. The van der Waals surface area contributed by atoms with Crippen molar-refractivity contribution in [2.24, 2.45) is 5.84 Å². The molecule has 1 aliphatic heterocycles. The van der Waals surface area contributed by atoms with Crippen LogP contribution in [0.3, 0.4) is 0 Å². The molecule has 10 heteroatoms. The third-order valence-electron chi connectivity index (χ3n) is 3.58. The predicted octanol–water partition coefficient (Wildman–Crippen LogP) is -0.273. The molecule has 1 fully saturated rings. The topological polar surface area (TPSA) is 131 Å². The number of hydrazine groups is 1. The number of rotatable bonds is 3. The second-order valence-corrected chi connectivity index (χ2v) is 5.23. The number of nitrogens with zero attached hydrogens (tertiary/aromatic N) is 5. The first kappa shape index (κ1) is 14.9. The van der Waals surface area contributed by atoms with E-state index in [4.69, 9.17) is 5.84 Å². The van der Waals surface area contributed by atoms with Crippen molar-refractivity contribution >= 4 is 23.2 Å². The standard InChI is InChI=1S/C11H17N7O3/c1-11(2)10(19)16(3)4-5-17(11)9-7(18(20)21)8(15-12)13-6-14-9/h6H,4-5,12H2,1-3H3,(H,13,14,15). The molecule has 0 spiro atoms. The van der Waals surface area contributed by atoms with Gasteiger partial charge in [-0.3, -0.25) is 14.9 Å². The summed E-state index contributed by atoms with van der Waals surface area (Å²) in [5, 5.41) is 11.3. The lowest BCUT2D eigenvalue weighted by Crippen LogP contribution is -2.62. The van der Waals surface area contributed by atoms with Crippen molar-refractivity contribution in [1.29, 1.82) is 0 Å². The molecule has 21 heavy (non-hydrogen) atoms. The van der Waals surface area contributed by atoms with E-state index in [9.17, 15) is 14.9 Å². The number of nitro groups is 1. The van der Waals surface area contributed by atoms with E-state index in [2.05, 4.69) is 15.4 Å². The van der Waals surface area contributed by atoms with Gasteiger partial charge in [-0.1, -0.05) is 0 Å². The van der Waals surface area contributed by atoms with Gasteiger partial charge in [0, 0.05) is 20.1 Å². The number of carbonyl (C=O) groups is 1. The van der Waals surface area contributed by atoms with Gasteiger partial charge in [0.2, 0.25) is 17.5 Å². The molecule has 3 N–H and O–H groups in total. The Morgan fingerprint density at radius 2 is 2.10 bits per heavy atom. The fourth-order valence-electron chi connectivity index (χ4n) is 2.42. The Bertz CT molecular complexity index is 589. The summed E-state index contributed by atoms with van der Waals surface area (Å²) < 4.78 is 0. The molecule has 0 bridgehead atoms. The van der Waals surface area contributed by atoms with Crippen LogP contribution in [0.25, 0.3) is 0 Å². The average Bonchev–Trinajstić information content (AvgIpc) is 2.44. The first-order valence-electron chi connectivity index (χ1n) is 6.30. The second-order valence-electron chi connectivity index (χ2n) is 5.23. The fourth-order valence-corrected chi connectivity index (χ4v) is 2.42. The van der Waals surface area contributed by atoms with E-state index in [1.165, 1.54) is 6.33 Å². The number of nitrogen functional groups attached to an aromatic ring is 1. The molecule has 1 aromatic heterocycles. The Morgan fingerprint density at radius 1 is 1.43 bits per heavy atom. The molecule has 0 saturated carbocycles. The lowest BCUT2D eigenvalue weighted by molar-refractivity contribution is -0.383. The van der Waals surface area contributed by atoms with Crippen LogP contribution in [0.2, 0.25) is 0 Å². The number of likely N-dealkylation sites (N-methyl/N-ethyl adjacent to an activating group) is 1. The minimum atomic E-state index is -0.946. The molecule has 0 unspecified atom stereocenters. The van der Waals surface area contributed by atoms with Gasteiger partial charge in [0.05, 0.1) is 4.92 Å². The molecule has 2 rings (SSSR count). The molecule has 0 aliphatic carbocycles. The van der Waals surface area contributed by atoms with Crippen molar-refractivity contribution in [3.63, 3.8) is 0 Å². The van der Waals surface area contributed by atoms with Crippen LogP contribution < -0.4 is 16.2 Å². The van der Waals surface area contributed by atoms with Gasteiger partial charge in [-0.2, -0.15) is 0 Å². The van der Waals surface area contributed by atoms with Crippen LogP contribution in [0.1, 0.15) is 13.8 Å². The van der Waals surface area contributed by atoms with Gasteiger partial charge in [0.1, 0.15) is 11.9 Å². The summed E-state index contributed by atoms with van der Waals surface area (Å²) in [6, 6.07) is 0. The third kappa shape index (κ3) is 2.33. The van der Waals surface area contributed by atoms with E-state index in [1.807, 2.05) is 0 Å². The molecule has 0 radical (unpaired) electrons. The van der Waals surface area contributed by atoms with Crippen molar-refractivity contribution in [1.82, 2.24) is 14.9 Å². The van der Waals surface area contributed by atoms with E-state index < -0.39 is 10.5 Å². The van der Waals surface area contributed by atoms with Crippen molar-refractivity contribution < 1.29 is 9.72 Å². The molecule has 1 aromatic rings. The van der Waals surface area contributed by atoms with Crippen LogP contribution in [0.5, 0.6) is 0 Å². The summed E-state index contributed by atoms with van der Waals surface area (Å²) >= 11 is 0. The van der Waals surface area contributed by atoms with Crippen molar-refractivity contribution in [3.05, 3.63) is 16.4 Å². The molecule has 10 nitrogen and oxygen atoms in total. The number of hydrogen-bond donors (Lipinski definition) is 2. The maximum Gasteiger partial charge on any atom is 0.354 e. The van der Waals surface area contributed by atoms with E-state index in [1.54, 1.807) is 30.7 Å². The molecule has 114 valence electrons. The van der Waals surface area contributed by atoms with Gasteiger partial charge in [-0.05, 0) is 13.8 Å². The Balaban J connectivity index is 2.56. The number of aromatic nitrogens is 2. The molecule has 1 amide bonds. The van der Waals surface area contributed by atoms with Gasteiger partial charge in [-0.25, -0.2) is 15.8 Å². The first-order valence-corrected chi connectivity index (χ1v) is 6.30. The third-order valence-corrected chi connectivity index (χ3v) is 3.58. The number of piperazine rings is 1. The maximum absolute atomic E-state index is 12.3. The number of hydrogen-bond acceptors (Lipinski definition) is 8. The summed E-state index contributed by atoms with van der Waals surface area (Å²) in [6.07, 6.45) is 1.18.